The third-order valence-corrected chi connectivity index (χ3v) is 4.34. The quantitative estimate of drug-likeness (QED) is 0.747. The number of carbonyl (C=O) groups excluding carboxylic acids is 1. The number of rotatable bonds is 3. The zero-order valence-electron chi connectivity index (χ0n) is 11.2. The third kappa shape index (κ3) is 2.89. The van der Waals surface area contributed by atoms with Crippen LogP contribution in [0.2, 0.25) is 5.15 Å². The molecular weight excluding hydrogens is 306 g/mol. The summed E-state index contributed by atoms with van der Waals surface area (Å²) in [5.41, 5.74) is 0.308. The number of halogens is 1. The number of pyridine rings is 1. The normalized spacial score (nSPS) is 12.3. The fourth-order valence-electron chi connectivity index (χ4n) is 2.05. The number of carbonyl (C=O) groups is 1. The van der Waals surface area contributed by atoms with E-state index < -0.39 is 0 Å². The van der Waals surface area contributed by atoms with E-state index in [0.717, 1.165) is 15.8 Å². The highest BCUT2D eigenvalue weighted by atomic mass is 35.5. The minimum atomic E-state index is -0.259. The van der Waals surface area contributed by atoms with Gasteiger partial charge in [-0.2, -0.15) is 0 Å². The van der Waals surface area contributed by atoms with Gasteiger partial charge in [-0.15, -0.1) is 11.3 Å². The molecule has 3 aromatic rings. The van der Waals surface area contributed by atoms with Gasteiger partial charge in [0.15, 0.2) is 0 Å². The molecule has 0 aliphatic rings. The Kier molecular flexibility index (Phi) is 3.86. The Labute approximate surface area is 130 Å². The van der Waals surface area contributed by atoms with Crippen LogP contribution in [0.5, 0.6) is 0 Å². The Morgan fingerprint density at radius 2 is 2.19 bits per heavy atom. The fourth-order valence-corrected chi connectivity index (χ4v) is 2.96. The SMILES string of the molecule is CC(NC(=O)c1cc2ccccc2c(Cl)n1)c1nccs1. The molecule has 1 aromatic carbocycles. The zero-order valence-corrected chi connectivity index (χ0v) is 12.8. The molecule has 0 saturated carbocycles. The number of thiazole rings is 1. The van der Waals surface area contributed by atoms with Gasteiger partial charge in [-0.1, -0.05) is 35.9 Å². The third-order valence-electron chi connectivity index (χ3n) is 3.10. The number of amides is 1. The average molecular weight is 318 g/mol. The minimum absolute atomic E-state index is 0.162. The highest BCUT2D eigenvalue weighted by Crippen LogP contribution is 2.23. The average Bonchev–Trinajstić information content (AvgIpc) is 3.01. The van der Waals surface area contributed by atoms with Crippen LogP contribution in [0.4, 0.5) is 0 Å². The molecule has 0 saturated heterocycles. The molecule has 2 aromatic heterocycles. The van der Waals surface area contributed by atoms with Crippen molar-refractivity contribution >= 4 is 39.6 Å². The number of hydrogen-bond acceptors (Lipinski definition) is 4. The van der Waals surface area contributed by atoms with Crippen molar-refractivity contribution in [2.75, 3.05) is 0 Å². The first-order valence-corrected chi connectivity index (χ1v) is 7.66. The van der Waals surface area contributed by atoms with Crippen LogP contribution in [0.3, 0.4) is 0 Å². The van der Waals surface area contributed by atoms with Crippen LogP contribution in [-0.4, -0.2) is 15.9 Å². The van der Waals surface area contributed by atoms with Gasteiger partial charge in [-0.25, -0.2) is 9.97 Å². The molecule has 1 atom stereocenters. The van der Waals surface area contributed by atoms with E-state index in [4.69, 9.17) is 11.6 Å². The fraction of sp³-hybridized carbons (Fsp3) is 0.133. The Balaban J connectivity index is 1.88. The van der Waals surface area contributed by atoms with Crippen molar-refractivity contribution in [3.8, 4) is 0 Å². The van der Waals surface area contributed by atoms with Crippen LogP contribution in [0, 0.1) is 0 Å². The monoisotopic (exact) mass is 317 g/mol. The van der Waals surface area contributed by atoms with E-state index >= 15 is 0 Å². The molecule has 3 rings (SSSR count). The second-order valence-electron chi connectivity index (χ2n) is 4.58. The smallest absolute Gasteiger partial charge is 0.270 e. The molecule has 0 bridgehead atoms. The van der Waals surface area contributed by atoms with E-state index in [9.17, 15) is 4.79 Å². The van der Waals surface area contributed by atoms with Gasteiger partial charge in [0.05, 0.1) is 6.04 Å². The number of fused-ring (bicyclic) bond motifs is 1. The summed E-state index contributed by atoms with van der Waals surface area (Å²) in [7, 11) is 0. The predicted octanol–water partition coefficient (Wildman–Crippen LogP) is 3.84. The minimum Gasteiger partial charge on any atom is -0.342 e. The van der Waals surface area contributed by atoms with E-state index in [0.29, 0.717) is 10.8 Å². The molecule has 0 aliphatic heterocycles. The Bertz CT molecular complexity index is 789. The molecule has 1 N–H and O–H groups in total. The summed E-state index contributed by atoms with van der Waals surface area (Å²) in [5.74, 6) is -0.259. The summed E-state index contributed by atoms with van der Waals surface area (Å²) in [6, 6.07) is 9.16. The predicted molar refractivity (Wildman–Crippen MR) is 84.7 cm³/mol. The van der Waals surface area contributed by atoms with E-state index in [1.807, 2.05) is 36.6 Å². The lowest BCUT2D eigenvalue weighted by Crippen LogP contribution is -2.27. The van der Waals surface area contributed by atoms with Gasteiger partial charge < -0.3 is 5.32 Å². The van der Waals surface area contributed by atoms with E-state index in [1.54, 1.807) is 12.3 Å². The molecule has 2 heterocycles. The maximum atomic E-state index is 12.3. The van der Waals surface area contributed by atoms with Crippen LogP contribution >= 0.6 is 22.9 Å². The molecule has 1 unspecified atom stereocenters. The number of nitrogens with one attached hydrogen (secondary N) is 1. The molecule has 0 aliphatic carbocycles. The van der Waals surface area contributed by atoms with Crippen molar-refractivity contribution in [1.29, 1.82) is 0 Å². The summed E-state index contributed by atoms with van der Waals surface area (Å²) in [6.45, 7) is 1.89. The van der Waals surface area contributed by atoms with Crippen molar-refractivity contribution < 1.29 is 4.79 Å². The molecular formula is C15H12ClN3OS. The molecule has 21 heavy (non-hydrogen) atoms. The van der Waals surface area contributed by atoms with Gasteiger partial charge in [0.1, 0.15) is 15.9 Å². The molecule has 0 fully saturated rings. The Morgan fingerprint density at radius 3 is 2.95 bits per heavy atom. The van der Waals surface area contributed by atoms with E-state index in [2.05, 4.69) is 15.3 Å². The van der Waals surface area contributed by atoms with Crippen LogP contribution in [0.15, 0.2) is 41.9 Å². The molecule has 0 radical (unpaired) electrons. The summed E-state index contributed by atoms with van der Waals surface area (Å²) in [5, 5.41) is 7.68. The summed E-state index contributed by atoms with van der Waals surface area (Å²) in [6.07, 6.45) is 1.72. The maximum Gasteiger partial charge on any atom is 0.270 e. The van der Waals surface area contributed by atoms with Crippen LogP contribution < -0.4 is 5.32 Å². The van der Waals surface area contributed by atoms with E-state index in [1.165, 1.54) is 11.3 Å². The van der Waals surface area contributed by atoms with Gasteiger partial charge >= 0.3 is 0 Å². The number of benzene rings is 1. The van der Waals surface area contributed by atoms with Crippen molar-refractivity contribution in [2.24, 2.45) is 0 Å². The highest BCUT2D eigenvalue weighted by Gasteiger charge is 2.15. The van der Waals surface area contributed by atoms with Crippen LogP contribution in [0.25, 0.3) is 10.8 Å². The van der Waals surface area contributed by atoms with Crippen molar-refractivity contribution in [3.63, 3.8) is 0 Å². The first-order chi connectivity index (χ1) is 10.1. The zero-order chi connectivity index (χ0) is 14.8. The lowest BCUT2D eigenvalue weighted by atomic mass is 10.1. The largest absolute Gasteiger partial charge is 0.342 e. The van der Waals surface area contributed by atoms with Gasteiger partial charge in [-0.05, 0) is 18.4 Å². The molecule has 4 nitrogen and oxygen atoms in total. The first-order valence-electron chi connectivity index (χ1n) is 6.40. The highest BCUT2D eigenvalue weighted by molar-refractivity contribution is 7.09. The van der Waals surface area contributed by atoms with Crippen LogP contribution in [0.1, 0.15) is 28.5 Å². The summed E-state index contributed by atoms with van der Waals surface area (Å²) < 4.78 is 0. The van der Waals surface area contributed by atoms with Crippen molar-refractivity contribution in [1.82, 2.24) is 15.3 Å². The Morgan fingerprint density at radius 1 is 1.38 bits per heavy atom. The van der Waals surface area contributed by atoms with Gasteiger partial charge in [0, 0.05) is 17.0 Å². The van der Waals surface area contributed by atoms with Crippen molar-refractivity contribution in [3.05, 3.63) is 57.8 Å². The van der Waals surface area contributed by atoms with Gasteiger partial charge in [-0.3, -0.25) is 4.79 Å². The second-order valence-corrected chi connectivity index (χ2v) is 5.87. The number of hydrogen-bond donors (Lipinski definition) is 1. The van der Waals surface area contributed by atoms with Crippen molar-refractivity contribution in [2.45, 2.75) is 13.0 Å². The first kappa shape index (κ1) is 14.0. The number of aromatic nitrogens is 2. The lowest BCUT2D eigenvalue weighted by Gasteiger charge is -2.11. The molecule has 106 valence electrons. The number of nitrogens with zero attached hydrogens (tertiary/aromatic N) is 2. The molecule has 0 spiro atoms. The second kappa shape index (κ2) is 5.79. The van der Waals surface area contributed by atoms with Gasteiger partial charge in [0.2, 0.25) is 0 Å². The summed E-state index contributed by atoms with van der Waals surface area (Å²) in [4.78, 5) is 20.7. The van der Waals surface area contributed by atoms with E-state index in [-0.39, 0.29) is 11.9 Å². The standard InChI is InChI=1S/C15H12ClN3OS/c1-9(15-17-6-7-21-15)18-14(20)12-8-10-4-2-3-5-11(10)13(16)19-12/h2-9H,1H3,(H,18,20). The van der Waals surface area contributed by atoms with Gasteiger partial charge in [0.25, 0.3) is 5.91 Å². The van der Waals surface area contributed by atoms with Crippen LogP contribution in [-0.2, 0) is 0 Å². The summed E-state index contributed by atoms with van der Waals surface area (Å²) >= 11 is 7.64. The molecule has 6 heteroatoms. The lowest BCUT2D eigenvalue weighted by molar-refractivity contribution is 0.0935. The topological polar surface area (TPSA) is 54.9 Å². The molecule has 1 amide bonds. The maximum absolute atomic E-state index is 12.3. The Hall–Kier alpha value is -1.98.